The van der Waals surface area contributed by atoms with E-state index in [0.29, 0.717) is 52.2 Å². The number of nitrogens with zero attached hydrogens (tertiary/aromatic N) is 5. The fraction of sp³-hybridized carbons (Fsp3) is 0.259. The topological polar surface area (TPSA) is 101 Å². The van der Waals surface area contributed by atoms with Crippen LogP contribution < -0.4 is 19.3 Å². The van der Waals surface area contributed by atoms with Gasteiger partial charge >= 0.3 is 12.2 Å². The minimum Gasteiger partial charge on any atom is -0.497 e. The maximum absolute atomic E-state index is 13.3. The first-order valence-corrected chi connectivity index (χ1v) is 12.0. The molecule has 1 unspecified atom stereocenters. The van der Waals surface area contributed by atoms with Crippen LogP contribution in [0.3, 0.4) is 0 Å². The summed E-state index contributed by atoms with van der Waals surface area (Å²) in [5.74, 6) is 1.49. The highest BCUT2D eigenvalue weighted by Crippen LogP contribution is 2.39. The largest absolute Gasteiger partial charge is 0.497 e. The number of carbonyl (C=O) groups excluding carboxylic acids is 1. The van der Waals surface area contributed by atoms with Gasteiger partial charge in [-0.1, -0.05) is 6.92 Å². The molecule has 3 heterocycles. The van der Waals surface area contributed by atoms with Crippen LogP contribution in [0.5, 0.6) is 17.4 Å². The van der Waals surface area contributed by atoms with Crippen molar-refractivity contribution in [3.63, 3.8) is 0 Å². The van der Waals surface area contributed by atoms with Crippen LogP contribution in [-0.2, 0) is 12.6 Å². The highest BCUT2D eigenvalue weighted by atomic mass is 19.4. The summed E-state index contributed by atoms with van der Waals surface area (Å²) in [4.78, 5) is 27.7. The van der Waals surface area contributed by atoms with Gasteiger partial charge < -0.3 is 14.6 Å². The molecule has 1 aliphatic heterocycles. The third kappa shape index (κ3) is 4.78. The molecule has 0 radical (unpaired) electrons. The first kappa shape index (κ1) is 26.2. The zero-order valence-corrected chi connectivity index (χ0v) is 21.2. The quantitative estimate of drug-likeness (QED) is 0.346. The number of aliphatic hydroxyl groups is 1. The van der Waals surface area contributed by atoms with Crippen molar-refractivity contribution in [2.75, 3.05) is 23.5 Å². The zero-order chi connectivity index (χ0) is 27.9. The van der Waals surface area contributed by atoms with Crippen LogP contribution in [0.4, 0.5) is 29.3 Å². The Morgan fingerprint density at radius 1 is 1.13 bits per heavy atom. The number of rotatable bonds is 6. The number of halogens is 3. The number of pyridine rings is 1. The van der Waals surface area contributed by atoms with E-state index in [1.165, 1.54) is 6.33 Å². The molecule has 1 saturated heterocycles. The molecular formula is C27H24F3N5O4. The van der Waals surface area contributed by atoms with E-state index < -0.39 is 24.0 Å². The van der Waals surface area contributed by atoms with Crippen molar-refractivity contribution in [3.8, 4) is 17.4 Å². The third-order valence-corrected chi connectivity index (χ3v) is 6.60. The van der Waals surface area contributed by atoms with Crippen molar-refractivity contribution in [1.29, 1.82) is 0 Å². The van der Waals surface area contributed by atoms with Crippen LogP contribution in [-0.4, -0.2) is 46.0 Å². The van der Waals surface area contributed by atoms with Gasteiger partial charge in [0.05, 0.1) is 47.7 Å². The highest BCUT2D eigenvalue weighted by molar-refractivity contribution is 6.07. The normalized spacial score (nSPS) is 15.8. The molecular weight excluding hydrogens is 515 g/mol. The van der Waals surface area contributed by atoms with E-state index in [0.717, 1.165) is 27.6 Å². The number of fused-ring (bicyclic) bond motifs is 1. The van der Waals surface area contributed by atoms with Crippen LogP contribution in [0.1, 0.15) is 23.6 Å². The van der Waals surface area contributed by atoms with E-state index in [1.807, 2.05) is 6.92 Å². The Hall–Kier alpha value is -4.45. The lowest BCUT2D eigenvalue weighted by Gasteiger charge is -2.24. The molecule has 2 aromatic heterocycles. The van der Waals surface area contributed by atoms with E-state index in [9.17, 15) is 23.1 Å². The molecule has 1 fully saturated rings. The number of β-amino-alcohol motifs (C(OH)–C–C–N with tert-alkyl or cyclic N) is 1. The SMILES string of the molecule is CCc1c(Oc2ncnc3cc(OC)ccc23)ccc(N2C(=O)N(c3cncc(C(F)(F)F)c3)CC2O)c1C. The molecule has 12 heteroatoms. The molecule has 2 amide bonds. The summed E-state index contributed by atoms with van der Waals surface area (Å²) in [6.45, 7) is 3.49. The molecule has 0 aliphatic carbocycles. The van der Waals surface area contributed by atoms with E-state index in [-0.39, 0.29) is 12.2 Å². The molecule has 1 aliphatic rings. The first-order valence-electron chi connectivity index (χ1n) is 12.0. The number of carbonyl (C=O) groups is 1. The summed E-state index contributed by atoms with van der Waals surface area (Å²) >= 11 is 0. The predicted octanol–water partition coefficient (Wildman–Crippen LogP) is 5.48. The van der Waals surface area contributed by atoms with E-state index in [4.69, 9.17) is 9.47 Å². The predicted molar refractivity (Wildman–Crippen MR) is 137 cm³/mol. The van der Waals surface area contributed by atoms with Crippen LogP contribution in [0.15, 0.2) is 55.1 Å². The van der Waals surface area contributed by atoms with Crippen molar-refractivity contribution < 1.29 is 32.5 Å². The van der Waals surface area contributed by atoms with Gasteiger partial charge in [0.2, 0.25) is 5.88 Å². The van der Waals surface area contributed by atoms with E-state index >= 15 is 0 Å². The third-order valence-electron chi connectivity index (χ3n) is 6.60. The van der Waals surface area contributed by atoms with Gasteiger partial charge in [-0.15, -0.1) is 0 Å². The number of benzene rings is 2. The van der Waals surface area contributed by atoms with Crippen molar-refractivity contribution >= 4 is 28.3 Å². The molecule has 9 nitrogen and oxygen atoms in total. The van der Waals surface area contributed by atoms with Gasteiger partial charge in [0, 0.05) is 12.3 Å². The van der Waals surface area contributed by atoms with E-state index in [1.54, 1.807) is 44.4 Å². The summed E-state index contributed by atoms with van der Waals surface area (Å²) in [5, 5.41) is 11.5. The second-order valence-electron chi connectivity index (χ2n) is 8.88. The van der Waals surface area contributed by atoms with Gasteiger partial charge in [0.15, 0.2) is 6.23 Å². The van der Waals surface area contributed by atoms with E-state index in [2.05, 4.69) is 15.0 Å². The number of aliphatic hydroxyl groups excluding tert-OH is 1. The van der Waals surface area contributed by atoms with Crippen LogP contribution in [0.2, 0.25) is 0 Å². The Morgan fingerprint density at radius 2 is 1.92 bits per heavy atom. The Labute approximate surface area is 221 Å². The number of hydrogen-bond acceptors (Lipinski definition) is 7. The minimum absolute atomic E-state index is 0.0584. The first-order chi connectivity index (χ1) is 18.6. The number of amides is 2. The molecule has 202 valence electrons. The van der Waals surface area contributed by atoms with Gasteiger partial charge in [0.25, 0.3) is 0 Å². The zero-order valence-electron chi connectivity index (χ0n) is 21.2. The lowest BCUT2D eigenvalue weighted by atomic mass is 10.0. The Morgan fingerprint density at radius 3 is 2.64 bits per heavy atom. The molecule has 2 aromatic carbocycles. The van der Waals surface area contributed by atoms with Crippen LogP contribution in [0.25, 0.3) is 10.9 Å². The number of anilines is 2. The molecule has 0 saturated carbocycles. The number of urea groups is 1. The van der Waals surface area contributed by atoms with Crippen molar-refractivity contribution in [2.24, 2.45) is 0 Å². The number of aromatic nitrogens is 3. The Bertz CT molecular complexity index is 1560. The van der Waals surface area contributed by atoms with Crippen LogP contribution >= 0.6 is 0 Å². The maximum atomic E-state index is 13.3. The Balaban J connectivity index is 1.47. The Kier molecular flexibility index (Phi) is 6.73. The summed E-state index contributed by atoms with van der Waals surface area (Å²) in [7, 11) is 1.56. The van der Waals surface area contributed by atoms with Crippen molar-refractivity contribution in [2.45, 2.75) is 32.7 Å². The summed E-state index contributed by atoms with van der Waals surface area (Å²) in [6, 6.07) is 8.82. The lowest BCUT2D eigenvalue weighted by Crippen LogP contribution is -2.35. The lowest BCUT2D eigenvalue weighted by molar-refractivity contribution is -0.137. The number of methoxy groups -OCH3 is 1. The average molecular weight is 540 g/mol. The fourth-order valence-corrected chi connectivity index (χ4v) is 4.63. The average Bonchev–Trinajstić information content (AvgIpc) is 3.22. The van der Waals surface area contributed by atoms with Gasteiger partial charge in [-0.2, -0.15) is 13.2 Å². The fourth-order valence-electron chi connectivity index (χ4n) is 4.63. The van der Waals surface area contributed by atoms with Crippen LogP contribution in [0, 0.1) is 6.92 Å². The maximum Gasteiger partial charge on any atom is 0.417 e. The van der Waals surface area contributed by atoms with Crippen molar-refractivity contribution in [3.05, 3.63) is 71.8 Å². The molecule has 5 rings (SSSR count). The standard InChI is InChI=1S/C27H24F3N5O4/c1-4-19-15(2)22(7-8-23(19)39-25-20-6-5-18(38-3)10-21(20)32-14-33-25)35-24(36)13-34(26(35)37)17-9-16(11-31-12-17)27(28,29)30/h5-12,14,24,36H,4,13H2,1-3H3. The minimum atomic E-state index is -4.62. The second kappa shape index (κ2) is 10.0. The highest BCUT2D eigenvalue weighted by Gasteiger charge is 2.40. The van der Waals surface area contributed by atoms with Gasteiger partial charge in [-0.05, 0) is 54.8 Å². The summed E-state index contributed by atoms with van der Waals surface area (Å²) in [5.41, 5.74) is 1.45. The monoisotopic (exact) mass is 539 g/mol. The molecule has 1 atom stereocenters. The molecule has 0 bridgehead atoms. The number of ether oxygens (including phenoxy) is 2. The number of hydrogen-bond donors (Lipinski definition) is 1. The molecule has 0 spiro atoms. The molecule has 1 N–H and O–H groups in total. The van der Waals surface area contributed by atoms with Gasteiger partial charge in [0.1, 0.15) is 17.8 Å². The molecule has 4 aromatic rings. The van der Waals surface area contributed by atoms with Gasteiger partial charge in [-0.3, -0.25) is 14.8 Å². The molecule has 39 heavy (non-hydrogen) atoms. The smallest absolute Gasteiger partial charge is 0.417 e. The van der Waals surface area contributed by atoms with Crippen molar-refractivity contribution in [1.82, 2.24) is 15.0 Å². The second-order valence-corrected chi connectivity index (χ2v) is 8.88. The number of alkyl halides is 3. The summed E-state index contributed by atoms with van der Waals surface area (Å²) < 4.78 is 51.0. The van der Waals surface area contributed by atoms with Gasteiger partial charge in [-0.25, -0.2) is 14.8 Å². The summed E-state index contributed by atoms with van der Waals surface area (Å²) in [6.07, 6.45) is -2.14.